The molecule has 4 fully saturated rings. The van der Waals surface area contributed by atoms with Crippen molar-refractivity contribution < 1.29 is 24.3 Å². The van der Waals surface area contributed by atoms with Crippen molar-refractivity contribution >= 4 is 35.3 Å². The van der Waals surface area contributed by atoms with Crippen LogP contribution in [0.1, 0.15) is 49.7 Å². The first-order valence-electron chi connectivity index (χ1n) is 16.3. The maximum Gasteiger partial charge on any atom is 0.243 e. The average molecular weight is 650 g/mol. The van der Waals surface area contributed by atoms with Crippen molar-refractivity contribution in [3.05, 3.63) is 65.7 Å². The highest BCUT2D eigenvalue weighted by Gasteiger charge is 2.58. The minimum absolute atomic E-state index is 0.0115. The summed E-state index contributed by atoms with van der Waals surface area (Å²) in [5, 5.41) is 17.8. The summed E-state index contributed by atoms with van der Waals surface area (Å²) in [7, 11) is 0. The van der Waals surface area contributed by atoms with Crippen LogP contribution < -0.4 is 27.4 Å². The molecule has 0 heterocycles. The molecule has 4 aliphatic rings. The number of nitrogens with two attached hydrogens (primary N) is 2. The smallest absolute Gasteiger partial charge is 0.243 e. The van der Waals surface area contributed by atoms with Gasteiger partial charge in [-0.1, -0.05) is 42.5 Å². The molecule has 6 atom stereocenters. The van der Waals surface area contributed by atoms with Gasteiger partial charge >= 0.3 is 0 Å². The number of benzene rings is 2. The quantitative estimate of drug-likeness (QED) is 0.170. The van der Waals surface area contributed by atoms with Gasteiger partial charge in [0.15, 0.2) is 5.78 Å². The van der Waals surface area contributed by atoms with Crippen molar-refractivity contribution in [3.8, 4) is 5.75 Å². The fourth-order valence-corrected chi connectivity index (χ4v) is 8.68. The number of carbonyl (C=O) groups is 4. The van der Waals surface area contributed by atoms with E-state index < -0.39 is 41.4 Å². The third-order valence-electron chi connectivity index (χ3n) is 10.0. The molecule has 2 aromatic rings. The first kappa shape index (κ1) is 33.9. The van der Waals surface area contributed by atoms with Gasteiger partial charge < -0.3 is 32.5 Å². The molecule has 2 aromatic carbocycles. The number of phenolic OH excluding ortho intramolecular Hbond substituents is 1. The van der Waals surface area contributed by atoms with E-state index in [0.29, 0.717) is 30.4 Å². The minimum Gasteiger partial charge on any atom is -0.508 e. The summed E-state index contributed by atoms with van der Waals surface area (Å²) in [6.07, 6.45) is 7.81. The molecule has 0 radical (unpaired) electrons. The molecule has 3 amide bonds. The highest BCUT2D eigenvalue weighted by atomic mass is 32.2. The van der Waals surface area contributed by atoms with Gasteiger partial charge in [0.2, 0.25) is 17.7 Å². The fourth-order valence-electron chi connectivity index (χ4n) is 8.21. The van der Waals surface area contributed by atoms with Gasteiger partial charge in [-0.25, -0.2) is 0 Å². The lowest BCUT2D eigenvalue weighted by atomic mass is 9.47. The van der Waals surface area contributed by atoms with Crippen LogP contribution in [0.5, 0.6) is 5.75 Å². The lowest BCUT2D eigenvalue weighted by Gasteiger charge is -2.59. The highest BCUT2D eigenvalue weighted by molar-refractivity contribution is 7.98. The van der Waals surface area contributed by atoms with Gasteiger partial charge in [-0.05, 0) is 104 Å². The van der Waals surface area contributed by atoms with Crippen molar-refractivity contribution in [2.24, 2.45) is 35.1 Å². The summed E-state index contributed by atoms with van der Waals surface area (Å²) in [4.78, 5) is 53.6. The number of thioether (sulfide) groups is 1. The average Bonchev–Trinajstić information content (AvgIpc) is 3.02. The molecule has 0 saturated heterocycles. The number of hydrogen-bond donors (Lipinski definition) is 6. The van der Waals surface area contributed by atoms with E-state index >= 15 is 0 Å². The number of Topliss-reactive ketones (excluding diaryl/α,β-unsaturated/α-hetero) is 1. The Labute approximate surface area is 275 Å². The Morgan fingerprint density at radius 2 is 1.54 bits per heavy atom. The predicted molar refractivity (Wildman–Crippen MR) is 179 cm³/mol. The number of amides is 3. The number of ketones is 1. The zero-order chi connectivity index (χ0) is 32.8. The van der Waals surface area contributed by atoms with E-state index in [1.54, 1.807) is 12.1 Å². The van der Waals surface area contributed by atoms with Crippen LogP contribution in [0, 0.1) is 23.7 Å². The molecule has 11 heteroatoms. The number of phenols is 1. The van der Waals surface area contributed by atoms with E-state index in [2.05, 4.69) is 16.0 Å². The Kier molecular flexibility index (Phi) is 11.1. The van der Waals surface area contributed by atoms with E-state index in [9.17, 15) is 24.3 Å². The van der Waals surface area contributed by atoms with Crippen LogP contribution in [0.15, 0.2) is 54.6 Å². The molecule has 248 valence electrons. The minimum atomic E-state index is -0.904. The summed E-state index contributed by atoms with van der Waals surface area (Å²) in [6, 6.07) is 13.5. The molecule has 0 aliphatic heterocycles. The van der Waals surface area contributed by atoms with Crippen molar-refractivity contribution in [2.75, 3.05) is 18.6 Å². The summed E-state index contributed by atoms with van der Waals surface area (Å²) in [6.45, 7) is -0.339. The largest absolute Gasteiger partial charge is 0.508 e. The van der Waals surface area contributed by atoms with Crippen molar-refractivity contribution in [1.82, 2.24) is 16.0 Å². The third-order valence-corrected chi connectivity index (χ3v) is 10.7. The number of carbonyl (C=O) groups excluding carboxylic acids is 4. The Balaban J connectivity index is 1.20. The van der Waals surface area contributed by atoms with Crippen molar-refractivity contribution in [2.45, 2.75) is 75.0 Å². The van der Waals surface area contributed by atoms with Crippen LogP contribution in [0.3, 0.4) is 0 Å². The molecule has 3 unspecified atom stereocenters. The van der Waals surface area contributed by atoms with E-state index in [-0.39, 0.29) is 36.3 Å². The number of hydrogen-bond acceptors (Lipinski definition) is 8. The first-order chi connectivity index (χ1) is 22.0. The third kappa shape index (κ3) is 8.29. The van der Waals surface area contributed by atoms with Crippen LogP contribution in [-0.4, -0.2) is 70.8 Å². The maximum atomic E-state index is 14.2. The van der Waals surface area contributed by atoms with Crippen LogP contribution in [0.25, 0.3) is 0 Å². The molecule has 4 bridgehead atoms. The zero-order valence-electron chi connectivity index (χ0n) is 26.5. The Bertz CT molecular complexity index is 1380. The molecule has 46 heavy (non-hydrogen) atoms. The molecule has 4 saturated carbocycles. The van der Waals surface area contributed by atoms with Crippen molar-refractivity contribution in [3.63, 3.8) is 0 Å². The van der Waals surface area contributed by atoms with Gasteiger partial charge in [-0.3, -0.25) is 19.2 Å². The number of nitrogens with one attached hydrogen (secondary N) is 3. The summed E-state index contributed by atoms with van der Waals surface area (Å²) >= 11 is 1.53. The van der Waals surface area contributed by atoms with Gasteiger partial charge in [-0.2, -0.15) is 11.8 Å². The molecular weight excluding hydrogens is 602 g/mol. The molecular formula is C35H47N5O5S. The SMILES string of the molecule is CSCC[C@@H](NC(=O)[C@@H](N)Cc1ccc(O)cc1)C(=O)NCC(=O)N[C@@H](Cc1ccccc1)C(=O)C1C2CC3CC(C2)CC1(N)C3. The lowest BCUT2D eigenvalue weighted by Crippen LogP contribution is -2.66. The molecule has 0 spiro atoms. The molecule has 10 nitrogen and oxygen atoms in total. The van der Waals surface area contributed by atoms with Crippen LogP contribution >= 0.6 is 11.8 Å². The Morgan fingerprint density at radius 1 is 0.891 bits per heavy atom. The maximum absolute atomic E-state index is 14.2. The van der Waals surface area contributed by atoms with E-state index in [1.807, 2.05) is 36.6 Å². The fraction of sp³-hybridized carbons (Fsp3) is 0.543. The first-order valence-corrected chi connectivity index (χ1v) is 17.7. The standard InChI is InChI=1S/C35H47N5O5S/c1-46-12-11-28(40-33(44)27(36)16-22-7-9-26(41)10-8-22)34(45)38-20-30(42)39-29(17-21-5-3-2-4-6-21)32(43)31-25-14-23-13-24(15-25)19-35(31,37)18-23/h2-10,23-25,27-29,31,41H,11-20,36-37H2,1H3,(H,38,45)(H,39,42)(H,40,44)/t23?,24?,25?,27-,28+,29-,31?,35?/m0/s1. The molecule has 6 rings (SSSR count). The van der Waals surface area contributed by atoms with Gasteiger partial charge in [0.05, 0.1) is 18.6 Å². The highest BCUT2D eigenvalue weighted by Crippen LogP contribution is 2.58. The molecule has 8 N–H and O–H groups in total. The normalized spacial score (nSPS) is 26.5. The Hall–Kier alpha value is -3.41. The van der Waals surface area contributed by atoms with Crippen molar-refractivity contribution in [1.29, 1.82) is 0 Å². The zero-order valence-corrected chi connectivity index (χ0v) is 27.3. The number of aromatic hydroxyl groups is 1. The summed E-state index contributed by atoms with van der Waals surface area (Å²) in [5.74, 6) is 0.389. The van der Waals surface area contributed by atoms with Gasteiger partial charge in [0, 0.05) is 11.5 Å². The molecule has 0 aromatic heterocycles. The van der Waals surface area contributed by atoms with E-state index in [1.165, 1.54) is 30.3 Å². The number of rotatable bonds is 15. The Morgan fingerprint density at radius 3 is 2.17 bits per heavy atom. The predicted octanol–water partition coefficient (Wildman–Crippen LogP) is 2.07. The second kappa shape index (κ2) is 15.0. The van der Waals surface area contributed by atoms with Crippen LogP contribution in [0.2, 0.25) is 0 Å². The van der Waals surface area contributed by atoms with Gasteiger partial charge in [0.1, 0.15) is 11.8 Å². The topological polar surface area (TPSA) is 177 Å². The van der Waals surface area contributed by atoms with Gasteiger partial charge in [0.25, 0.3) is 0 Å². The van der Waals surface area contributed by atoms with Crippen LogP contribution in [-0.2, 0) is 32.0 Å². The second-order valence-electron chi connectivity index (χ2n) is 13.6. The van der Waals surface area contributed by atoms with E-state index in [0.717, 1.165) is 36.8 Å². The van der Waals surface area contributed by atoms with Crippen LogP contribution in [0.4, 0.5) is 0 Å². The summed E-state index contributed by atoms with van der Waals surface area (Å²) in [5.41, 5.74) is 14.3. The monoisotopic (exact) mass is 649 g/mol. The van der Waals surface area contributed by atoms with E-state index in [4.69, 9.17) is 11.5 Å². The lowest BCUT2D eigenvalue weighted by molar-refractivity contribution is -0.142. The summed E-state index contributed by atoms with van der Waals surface area (Å²) < 4.78 is 0. The second-order valence-corrected chi connectivity index (χ2v) is 14.6. The van der Waals surface area contributed by atoms with Gasteiger partial charge in [-0.15, -0.1) is 0 Å². The molecule has 4 aliphatic carbocycles.